The number of carbonyl (C=O) groups is 1. The highest BCUT2D eigenvalue weighted by molar-refractivity contribution is 6.53. The van der Waals surface area contributed by atoms with Crippen molar-refractivity contribution >= 4 is 14.8 Å². The van der Waals surface area contributed by atoms with Gasteiger partial charge in [0.05, 0.1) is 6.61 Å². The molecule has 0 radical (unpaired) electrons. The molecule has 0 saturated carbocycles. The third-order valence-electron chi connectivity index (χ3n) is 1.27. The van der Waals surface area contributed by atoms with E-state index in [-0.39, 0.29) is 12.4 Å². The Morgan fingerprint density at radius 3 is 2.08 bits per heavy atom. The third-order valence-corrected chi connectivity index (χ3v) is 3.41. The molecule has 5 nitrogen and oxygen atoms in total. The zero-order valence-electron chi connectivity index (χ0n) is 8.46. The lowest BCUT2D eigenvalue weighted by Gasteiger charge is -2.23. The first-order valence-electron chi connectivity index (χ1n) is 3.98. The fraction of sp³-hybridized carbons (Fsp3) is 0.857. The van der Waals surface area contributed by atoms with Gasteiger partial charge < -0.3 is 17.7 Å². The van der Waals surface area contributed by atoms with Crippen LogP contribution in [-0.2, 0) is 22.5 Å². The van der Waals surface area contributed by atoms with Crippen molar-refractivity contribution in [2.75, 3.05) is 27.4 Å². The zero-order valence-corrected chi connectivity index (χ0v) is 9.46. The van der Waals surface area contributed by atoms with Crippen LogP contribution >= 0.6 is 0 Å². The average molecular weight is 208 g/mol. The van der Waals surface area contributed by atoms with Crippen LogP contribution in [0, 0.1) is 0 Å². The van der Waals surface area contributed by atoms with Crippen LogP contribution in [0.15, 0.2) is 0 Å². The molecule has 0 rings (SSSR count). The van der Waals surface area contributed by atoms with Crippen LogP contribution in [0.25, 0.3) is 0 Å². The zero-order chi connectivity index (χ0) is 10.3. The van der Waals surface area contributed by atoms with Crippen molar-refractivity contribution in [2.24, 2.45) is 0 Å². The summed E-state index contributed by atoms with van der Waals surface area (Å²) in [5.41, 5.74) is 0. The summed E-state index contributed by atoms with van der Waals surface area (Å²) < 4.78 is 20.3. The van der Waals surface area contributed by atoms with Gasteiger partial charge in [-0.1, -0.05) is 0 Å². The van der Waals surface area contributed by atoms with E-state index in [4.69, 9.17) is 17.7 Å². The lowest BCUT2D eigenvalue weighted by molar-refractivity contribution is -0.122. The standard InChI is InChI=1S/C7H16O5Si/c1-5-11-13(9-3,10-4)12-6-7(2)8/h5-6H2,1-4H3. The molecule has 0 aromatic heterocycles. The maximum Gasteiger partial charge on any atom is 0.679 e. The van der Waals surface area contributed by atoms with Gasteiger partial charge in [0.2, 0.25) is 0 Å². The fourth-order valence-electron chi connectivity index (χ4n) is 0.727. The molecule has 0 aliphatic rings. The van der Waals surface area contributed by atoms with E-state index in [1.807, 2.05) is 0 Å². The molecule has 0 aromatic carbocycles. The Bertz CT molecular complexity index is 157. The van der Waals surface area contributed by atoms with Crippen molar-refractivity contribution in [3.05, 3.63) is 0 Å². The van der Waals surface area contributed by atoms with E-state index in [1.54, 1.807) is 6.92 Å². The lowest BCUT2D eigenvalue weighted by atomic mass is 10.5. The Labute approximate surface area is 79.4 Å². The van der Waals surface area contributed by atoms with Crippen LogP contribution in [0.3, 0.4) is 0 Å². The summed E-state index contributed by atoms with van der Waals surface area (Å²) in [6, 6.07) is 0. The van der Waals surface area contributed by atoms with Crippen LogP contribution in [0.2, 0.25) is 0 Å². The van der Waals surface area contributed by atoms with Gasteiger partial charge >= 0.3 is 9.05 Å². The average Bonchev–Trinajstić information content (AvgIpc) is 2.12. The molecule has 0 fully saturated rings. The molecule has 0 aliphatic heterocycles. The predicted octanol–water partition coefficient (Wildman–Crippen LogP) is 0.357. The van der Waals surface area contributed by atoms with Crippen molar-refractivity contribution in [1.82, 2.24) is 0 Å². The van der Waals surface area contributed by atoms with Crippen molar-refractivity contribution in [3.63, 3.8) is 0 Å². The van der Waals surface area contributed by atoms with E-state index in [0.717, 1.165) is 0 Å². The predicted molar refractivity (Wildman–Crippen MR) is 48.0 cm³/mol. The van der Waals surface area contributed by atoms with Gasteiger partial charge in [-0.05, 0) is 13.8 Å². The van der Waals surface area contributed by atoms with E-state index >= 15 is 0 Å². The summed E-state index contributed by atoms with van der Waals surface area (Å²) in [6.45, 7) is 3.60. The van der Waals surface area contributed by atoms with Crippen LogP contribution in [0.4, 0.5) is 0 Å². The second-order valence-corrected chi connectivity index (χ2v) is 4.73. The molecule has 0 spiro atoms. The van der Waals surface area contributed by atoms with Crippen molar-refractivity contribution in [3.8, 4) is 0 Å². The first-order chi connectivity index (χ1) is 6.10. The van der Waals surface area contributed by atoms with E-state index in [1.165, 1.54) is 21.1 Å². The normalized spacial score (nSPS) is 11.7. The molecule has 0 amide bonds. The Morgan fingerprint density at radius 1 is 1.23 bits per heavy atom. The molecular weight excluding hydrogens is 192 g/mol. The Balaban J connectivity index is 4.12. The van der Waals surface area contributed by atoms with Crippen molar-refractivity contribution < 1.29 is 22.5 Å². The third kappa shape index (κ3) is 4.49. The van der Waals surface area contributed by atoms with Gasteiger partial charge in [-0.25, -0.2) is 0 Å². The van der Waals surface area contributed by atoms with Gasteiger partial charge in [-0.3, -0.25) is 4.79 Å². The highest BCUT2D eigenvalue weighted by Gasteiger charge is 2.43. The van der Waals surface area contributed by atoms with Crippen molar-refractivity contribution in [1.29, 1.82) is 0 Å². The monoisotopic (exact) mass is 208 g/mol. The topological polar surface area (TPSA) is 54.0 Å². The largest absolute Gasteiger partial charge is 0.679 e. The summed E-state index contributed by atoms with van der Waals surface area (Å²) >= 11 is 0. The molecule has 0 aromatic rings. The molecular formula is C7H16O5Si. The van der Waals surface area contributed by atoms with E-state index in [2.05, 4.69) is 0 Å². The number of hydrogen-bond acceptors (Lipinski definition) is 5. The number of ketones is 1. The van der Waals surface area contributed by atoms with Gasteiger partial charge in [0, 0.05) is 20.8 Å². The Hall–Kier alpha value is -0.273. The van der Waals surface area contributed by atoms with Crippen molar-refractivity contribution in [2.45, 2.75) is 13.8 Å². The lowest BCUT2D eigenvalue weighted by Crippen LogP contribution is -2.48. The van der Waals surface area contributed by atoms with Gasteiger partial charge in [0.15, 0.2) is 5.78 Å². The maximum absolute atomic E-state index is 10.7. The highest BCUT2D eigenvalue weighted by atomic mass is 28.4. The molecule has 0 unspecified atom stereocenters. The quantitative estimate of drug-likeness (QED) is 0.565. The molecule has 78 valence electrons. The summed E-state index contributed by atoms with van der Waals surface area (Å²) in [7, 11) is -0.155. The van der Waals surface area contributed by atoms with Crippen LogP contribution in [-0.4, -0.2) is 42.3 Å². The number of rotatable bonds is 7. The molecule has 0 saturated heterocycles. The summed E-state index contributed by atoms with van der Waals surface area (Å²) in [6.07, 6.45) is 0. The highest BCUT2D eigenvalue weighted by Crippen LogP contribution is 2.08. The minimum Gasteiger partial charge on any atom is -0.355 e. The first-order valence-corrected chi connectivity index (χ1v) is 5.61. The number of Topliss-reactive ketones (excluding diaryl/α,β-unsaturated/α-hetero) is 1. The van der Waals surface area contributed by atoms with E-state index in [9.17, 15) is 4.79 Å². The molecule has 0 N–H and O–H groups in total. The number of hydrogen-bond donors (Lipinski definition) is 0. The second kappa shape index (κ2) is 6.22. The molecule has 6 heteroatoms. The minimum atomic E-state index is -3.03. The van der Waals surface area contributed by atoms with E-state index < -0.39 is 9.05 Å². The molecule has 13 heavy (non-hydrogen) atoms. The fourth-order valence-corrected chi connectivity index (χ4v) is 2.18. The second-order valence-electron chi connectivity index (χ2n) is 2.33. The van der Waals surface area contributed by atoms with E-state index in [0.29, 0.717) is 6.61 Å². The summed E-state index contributed by atoms with van der Waals surface area (Å²) in [5.74, 6) is -0.0920. The van der Waals surface area contributed by atoms with Gasteiger partial charge in [-0.2, -0.15) is 0 Å². The maximum atomic E-state index is 10.7. The van der Waals surface area contributed by atoms with Crippen LogP contribution in [0.5, 0.6) is 0 Å². The van der Waals surface area contributed by atoms with Crippen LogP contribution in [0.1, 0.15) is 13.8 Å². The van der Waals surface area contributed by atoms with Gasteiger partial charge in [-0.15, -0.1) is 0 Å². The molecule has 0 heterocycles. The van der Waals surface area contributed by atoms with Gasteiger partial charge in [0.25, 0.3) is 0 Å². The minimum absolute atomic E-state index is 0.0477. The summed E-state index contributed by atoms with van der Waals surface area (Å²) in [4.78, 5) is 10.7. The smallest absolute Gasteiger partial charge is 0.355 e. The Kier molecular flexibility index (Phi) is 6.09. The molecule has 0 atom stereocenters. The SMILES string of the molecule is CCO[Si](OC)(OC)OCC(C)=O. The first kappa shape index (κ1) is 12.7. The van der Waals surface area contributed by atoms with Crippen LogP contribution < -0.4 is 0 Å². The summed E-state index contributed by atoms with van der Waals surface area (Å²) in [5, 5.41) is 0. The van der Waals surface area contributed by atoms with Gasteiger partial charge in [0.1, 0.15) is 0 Å². The Morgan fingerprint density at radius 2 is 1.77 bits per heavy atom. The number of carbonyl (C=O) groups excluding carboxylic acids is 1. The molecule has 0 aliphatic carbocycles. The molecule has 0 bridgehead atoms.